The largest absolute Gasteiger partial charge is 0.497 e. The van der Waals surface area contributed by atoms with Crippen molar-refractivity contribution in [1.82, 2.24) is 4.98 Å². The summed E-state index contributed by atoms with van der Waals surface area (Å²) in [6.45, 7) is 1.89. The number of nitro groups is 1. The Morgan fingerprint density at radius 3 is 2.58 bits per heavy atom. The fourth-order valence-corrected chi connectivity index (χ4v) is 5.29. The standard InChI is InChI=1S/C24H25FN2O8S/c1-15-21(26-24(34-15)16-6-8-17(25)9-7-16)14-33-19-4-3-5-20(12-19)35-36(30,31)23-11-10-18(32-2)13-22(23)27(28)29/h6-11,13,19-20H,3-5,12,14H2,1-2H3/t19-,20+/m0/s1. The van der Waals surface area contributed by atoms with Gasteiger partial charge in [-0.1, -0.05) is 0 Å². The molecule has 0 spiro atoms. The third-order valence-electron chi connectivity index (χ3n) is 5.91. The van der Waals surface area contributed by atoms with E-state index in [-0.39, 0.29) is 24.3 Å². The number of hydrogen-bond donors (Lipinski definition) is 0. The smallest absolute Gasteiger partial charge is 0.304 e. The summed E-state index contributed by atoms with van der Waals surface area (Å²) in [6.07, 6.45) is 1.14. The summed E-state index contributed by atoms with van der Waals surface area (Å²) in [7, 11) is -3.07. The van der Waals surface area contributed by atoms with Crippen LogP contribution in [0.15, 0.2) is 51.8 Å². The van der Waals surface area contributed by atoms with E-state index in [0.29, 0.717) is 48.6 Å². The van der Waals surface area contributed by atoms with Gasteiger partial charge in [-0.25, -0.2) is 9.37 Å². The van der Waals surface area contributed by atoms with Crippen LogP contribution in [-0.4, -0.2) is 37.6 Å². The molecule has 2 atom stereocenters. The van der Waals surface area contributed by atoms with Gasteiger partial charge < -0.3 is 13.9 Å². The second kappa shape index (κ2) is 10.7. The topological polar surface area (TPSA) is 131 Å². The zero-order chi connectivity index (χ0) is 25.9. The minimum atomic E-state index is -4.40. The first kappa shape index (κ1) is 25.7. The Kier molecular flexibility index (Phi) is 7.67. The molecule has 0 bridgehead atoms. The number of nitrogens with zero attached hydrogens (tertiary/aromatic N) is 2. The first-order valence-corrected chi connectivity index (χ1v) is 12.7. The van der Waals surface area contributed by atoms with Crippen LogP contribution in [0, 0.1) is 22.9 Å². The highest BCUT2D eigenvalue weighted by Gasteiger charge is 2.33. The average molecular weight is 521 g/mol. The highest BCUT2D eigenvalue weighted by atomic mass is 32.2. The molecule has 1 aliphatic carbocycles. The van der Waals surface area contributed by atoms with Gasteiger partial charge in [0, 0.05) is 12.0 Å². The summed E-state index contributed by atoms with van der Waals surface area (Å²) in [5.41, 5.74) is 0.602. The summed E-state index contributed by atoms with van der Waals surface area (Å²) >= 11 is 0. The molecule has 10 nitrogen and oxygen atoms in total. The maximum absolute atomic E-state index is 13.2. The summed E-state index contributed by atoms with van der Waals surface area (Å²) in [4.78, 5) is 14.5. The van der Waals surface area contributed by atoms with Crippen molar-refractivity contribution in [2.45, 2.75) is 56.3 Å². The van der Waals surface area contributed by atoms with E-state index in [1.54, 1.807) is 19.1 Å². The van der Waals surface area contributed by atoms with E-state index in [1.165, 1.54) is 25.3 Å². The minimum Gasteiger partial charge on any atom is -0.497 e. The number of benzene rings is 2. The van der Waals surface area contributed by atoms with Crippen LogP contribution in [0.4, 0.5) is 10.1 Å². The number of halogens is 1. The molecule has 36 heavy (non-hydrogen) atoms. The van der Waals surface area contributed by atoms with Gasteiger partial charge in [-0.15, -0.1) is 0 Å². The molecule has 12 heteroatoms. The van der Waals surface area contributed by atoms with Crippen molar-refractivity contribution in [3.8, 4) is 17.2 Å². The zero-order valence-electron chi connectivity index (χ0n) is 19.7. The Bertz CT molecular complexity index is 1340. The van der Waals surface area contributed by atoms with E-state index in [2.05, 4.69) is 4.98 Å². The van der Waals surface area contributed by atoms with Crippen molar-refractivity contribution in [2.24, 2.45) is 0 Å². The van der Waals surface area contributed by atoms with E-state index >= 15 is 0 Å². The van der Waals surface area contributed by atoms with Crippen molar-refractivity contribution in [1.29, 1.82) is 0 Å². The fraction of sp³-hybridized carbons (Fsp3) is 0.375. The third-order valence-corrected chi connectivity index (χ3v) is 7.32. The van der Waals surface area contributed by atoms with Crippen LogP contribution in [0.5, 0.6) is 5.75 Å². The maximum Gasteiger partial charge on any atom is 0.304 e. The molecule has 3 aromatic rings. The first-order chi connectivity index (χ1) is 17.2. The molecule has 1 fully saturated rings. The van der Waals surface area contributed by atoms with Gasteiger partial charge in [0.05, 0.1) is 36.9 Å². The summed E-state index contributed by atoms with van der Waals surface area (Å²) < 4.78 is 60.9. The van der Waals surface area contributed by atoms with Crippen LogP contribution >= 0.6 is 0 Å². The van der Waals surface area contributed by atoms with Crippen molar-refractivity contribution in [3.63, 3.8) is 0 Å². The van der Waals surface area contributed by atoms with Gasteiger partial charge >= 0.3 is 10.1 Å². The quantitative estimate of drug-likeness (QED) is 0.219. The molecule has 0 aliphatic heterocycles. The van der Waals surface area contributed by atoms with Crippen LogP contribution in [-0.2, 0) is 25.6 Å². The Labute approximate surface area is 207 Å². The second-order valence-electron chi connectivity index (χ2n) is 8.39. The van der Waals surface area contributed by atoms with Crippen LogP contribution in [0.25, 0.3) is 11.5 Å². The number of hydrogen-bond acceptors (Lipinski definition) is 9. The van der Waals surface area contributed by atoms with Crippen LogP contribution in [0.1, 0.15) is 37.1 Å². The number of methoxy groups -OCH3 is 1. The fourth-order valence-electron chi connectivity index (χ4n) is 4.02. The lowest BCUT2D eigenvalue weighted by Gasteiger charge is -2.28. The number of aromatic nitrogens is 1. The average Bonchev–Trinajstić information content (AvgIpc) is 3.23. The van der Waals surface area contributed by atoms with Crippen LogP contribution in [0.3, 0.4) is 0 Å². The molecule has 1 saturated carbocycles. The Balaban J connectivity index is 1.40. The van der Waals surface area contributed by atoms with Gasteiger partial charge in [0.25, 0.3) is 5.69 Å². The van der Waals surface area contributed by atoms with Crippen molar-refractivity contribution >= 4 is 15.8 Å². The monoisotopic (exact) mass is 520 g/mol. The molecule has 0 saturated heterocycles. The Hall–Kier alpha value is -3.35. The highest BCUT2D eigenvalue weighted by Crippen LogP contribution is 2.33. The van der Waals surface area contributed by atoms with Gasteiger partial charge in [-0.2, -0.15) is 8.42 Å². The van der Waals surface area contributed by atoms with Gasteiger partial charge in [0.1, 0.15) is 23.0 Å². The molecule has 0 amide bonds. The molecule has 4 rings (SSSR count). The number of nitro benzene ring substituents is 1. The number of oxazole rings is 1. The summed E-state index contributed by atoms with van der Waals surface area (Å²) in [5, 5.41) is 11.4. The Morgan fingerprint density at radius 1 is 1.17 bits per heavy atom. The lowest BCUT2D eigenvalue weighted by atomic mass is 9.95. The van der Waals surface area contributed by atoms with Crippen molar-refractivity contribution in [2.75, 3.05) is 7.11 Å². The van der Waals surface area contributed by atoms with E-state index in [9.17, 15) is 22.9 Å². The molecule has 0 N–H and O–H groups in total. The van der Waals surface area contributed by atoms with Gasteiger partial charge in [-0.3, -0.25) is 14.3 Å². The van der Waals surface area contributed by atoms with E-state index in [1.807, 2.05) is 0 Å². The van der Waals surface area contributed by atoms with Crippen LogP contribution < -0.4 is 4.74 Å². The van der Waals surface area contributed by atoms with Gasteiger partial charge in [0.15, 0.2) is 4.90 Å². The molecule has 0 unspecified atom stereocenters. The van der Waals surface area contributed by atoms with E-state index < -0.39 is 31.7 Å². The molecule has 192 valence electrons. The lowest BCUT2D eigenvalue weighted by Crippen LogP contribution is -2.30. The zero-order valence-corrected chi connectivity index (χ0v) is 20.5. The molecule has 0 radical (unpaired) electrons. The molecule has 2 aromatic carbocycles. The molecule has 1 heterocycles. The van der Waals surface area contributed by atoms with E-state index in [4.69, 9.17) is 18.1 Å². The first-order valence-electron chi connectivity index (χ1n) is 11.3. The van der Waals surface area contributed by atoms with Gasteiger partial charge in [0.2, 0.25) is 5.89 Å². The molecular formula is C24H25FN2O8S. The summed E-state index contributed by atoms with van der Waals surface area (Å²) in [6, 6.07) is 9.27. The van der Waals surface area contributed by atoms with Crippen LogP contribution in [0.2, 0.25) is 0 Å². The summed E-state index contributed by atoms with van der Waals surface area (Å²) in [5.74, 6) is 0.719. The minimum absolute atomic E-state index is 0.143. The van der Waals surface area contributed by atoms with Gasteiger partial charge in [-0.05, 0) is 62.6 Å². The van der Waals surface area contributed by atoms with Crippen molar-refractivity contribution < 1.29 is 35.8 Å². The predicted octanol–water partition coefficient (Wildman–Crippen LogP) is 4.94. The normalized spacial score (nSPS) is 18.2. The Morgan fingerprint density at radius 2 is 1.89 bits per heavy atom. The predicted molar refractivity (Wildman–Crippen MR) is 125 cm³/mol. The lowest BCUT2D eigenvalue weighted by molar-refractivity contribution is -0.388. The number of rotatable bonds is 9. The maximum atomic E-state index is 13.2. The van der Waals surface area contributed by atoms with Crippen molar-refractivity contribution in [3.05, 3.63) is 69.9 Å². The number of ether oxygens (including phenoxy) is 2. The molecule has 1 aliphatic rings. The SMILES string of the molecule is COc1ccc(S(=O)(=O)O[C@@H]2CCC[C@H](OCc3nc(-c4ccc(F)cc4)oc3C)C2)c([N+](=O)[O-])c1. The molecular weight excluding hydrogens is 495 g/mol. The third kappa shape index (κ3) is 5.89. The highest BCUT2D eigenvalue weighted by molar-refractivity contribution is 7.87. The number of aryl methyl sites for hydroxylation is 1. The van der Waals surface area contributed by atoms with E-state index in [0.717, 1.165) is 12.1 Å². The molecule has 1 aromatic heterocycles. The second-order valence-corrected chi connectivity index (χ2v) is 9.93.